The zero-order valence-corrected chi connectivity index (χ0v) is 11.2. The summed E-state index contributed by atoms with van der Waals surface area (Å²) in [5.41, 5.74) is 1.04. The van der Waals surface area contributed by atoms with Crippen LogP contribution in [0.5, 0.6) is 0 Å². The van der Waals surface area contributed by atoms with Gasteiger partial charge >= 0.3 is 5.97 Å². The predicted octanol–water partition coefficient (Wildman–Crippen LogP) is 0.814. The first-order valence-electron chi connectivity index (χ1n) is 6.65. The molecule has 1 atom stereocenters. The van der Waals surface area contributed by atoms with Crippen molar-refractivity contribution in [3.63, 3.8) is 0 Å². The van der Waals surface area contributed by atoms with Gasteiger partial charge in [-0.15, -0.1) is 5.10 Å². The molecule has 2 heterocycles. The van der Waals surface area contributed by atoms with Crippen molar-refractivity contribution in [3.8, 4) is 5.69 Å². The summed E-state index contributed by atoms with van der Waals surface area (Å²) in [5, 5.41) is 16.8. The number of benzene rings is 1. The van der Waals surface area contributed by atoms with Crippen LogP contribution in [0.3, 0.4) is 0 Å². The fourth-order valence-electron chi connectivity index (χ4n) is 2.38. The molecule has 0 spiro atoms. The summed E-state index contributed by atoms with van der Waals surface area (Å²) in [6.07, 6.45) is 2.04. The fraction of sp³-hybridized carbons (Fsp3) is 0.286. The molecule has 1 N–H and O–H groups in total. The molecule has 1 aromatic heterocycles. The third kappa shape index (κ3) is 2.62. The van der Waals surface area contributed by atoms with Crippen molar-refractivity contribution in [3.05, 3.63) is 42.2 Å². The van der Waals surface area contributed by atoms with E-state index in [2.05, 4.69) is 10.3 Å². The Bertz CT molecular complexity index is 668. The third-order valence-electron chi connectivity index (χ3n) is 3.56. The number of para-hydroxylation sites is 1. The molecular formula is C14H14N4O3. The highest BCUT2D eigenvalue weighted by atomic mass is 16.4. The van der Waals surface area contributed by atoms with Crippen molar-refractivity contribution >= 4 is 11.9 Å². The maximum atomic E-state index is 12.3. The molecule has 3 rings (SSSR count). The molecule has 0 radical (unpaired) electrons. The van der Waals surface area contributed by atoms with E-state index in [4.69, 9.17) is 5.11 Å². The minimum Gasteiger partial charge on any atom is -0.481 e. The van der Waals surface area contributed by atoms with Gasteiger partial charge in [-0.25, -0.2) is 4.68 Å². The highest BCUT2D eigenvalue weighted by Crippen LogP contribution is 2.18. The van der Waals surface area contributed by atoms with Crippen molar-refractivity contribution < 1.29 is 14.7 Å². The standard InChI is InChI=1S/C14H14N4O3/c19-13(17-7-6-10(8-17)14(20)21)12-9-18(16-15-12)11-4-2-1-3-5-11/h1-5,9-10H,6-8H2,(H,20,21)/t10-/m0/s1. The molecule has 1 aliphatic rings. The van der Waals surface area contributed by atoms with Crippen molar-refractivity contribution in [2.24, 2.45) is 5.92 Å². The monoisotopic (exact) mass is 286 g/mol. The van der Waals surface area contributed by atoms with Crippen molar-refractivity contribution in [2.45, 2.75) is 6.42 Å². The van der Waals surface area contributed by atoms with Crippen LogP contribution >= 0.6 is 0 Å². The number of carbonyl (C=O) groups is 2. The van der Waals surface area contributed by atoms with E-state index >= 15 is 0 Å². The maximum Gasteiger partial charge on any atom is 0.308 e. The van der Waals surface area contributed by atoms with Crippen molar-refractivity contribution in [1.82, 2.24) is 19.9 Å². The molecule has 0 unspecified atom stereocenters. The molecule has 21 heavy (non-hydrogen) atoms. The molecule has 1 saturated heterocycles. The van der Waals surface area contributed by atoms with E-state index in [-0.39, 0.29) is 18.1 Å². The van der Waals surface area contributed by atoms with Crippen molar-refractivity contribution in [2.75, 3.05) is 13.1 Å². The van der Waals surface area contributed by atoms with Gasteiger partial charge in [-0.1, -0.05) is 23.4 Å². The SMILES string of the molecule is O=C(O)[C@H]1CCN(C(=O)c2cn(-c3ccccc3)nn2)C1. The number of carbonyl (C=O) groups excluding carboxylic acids is 1. The predicted molar refractivity (Wildman–Crippen MR) is 73.0 cm³/mol. The summed E-state index contributed by atoms with van der Waals surface area (Å²) in [4.78, 5) is 24.7. The quantitative estimate of drug-likeness (QED) is 0.902. The number of aliphatic carboxylic acids is 1. The lowest BCUT2D eigenvalue weighted by Crippen LogP contribution is -2.30. The second-order valence-electron chi connectivity index (χ2n) is 4.96. The van der Waals surface area contributed by atoms with Crippen LogP contribution in [0.4, 0.5) is 0 Å². The van der Waals surface area contributed by atoms with E-state index in [1.807, 2.05) is 30.3 Å². The Hall–Kier alpha value is -2.70. The zero-order chi connectivity index (χ0) is 14.8. The number of aromatic nitrogens is 3. The average Bonchev–Trinajstić information content (AvgIpc) is 3.17. The number of likely N-dealkylation sites (tertiary alicyclic amines) is 1. The molecule has 0 bridgehead atoms. The third-order valence-corrected chi connectivity index (χ3v) is 3.56. The first-order chi connectivity index (χ1) is 10.1. The van der Waals surface area contributed by atoms with Gasteiger partial charge in [0.1, 0.15) is 0 Å². The van der Waals surface area contributed by atoms with Gasteiger partial charge in [0.05, 0.1) is 17.8 Å². The number of carboxylic acid groups (broad SMARTS) is 1. The Balaban J connectivity index is 1.75. The summed E-state index contributed by atoms with van der Waals surface area (Å²) in [6.45, 7) is 0.667. The minimum absolute atomic E-state index is 0.227. The summed E-state index contributed by atoms with van der Waals surface area (Å²) in [5.74, 6) is -1.63. The highest BCUT2D eigenvalue weighted by molar-refractivity contribution is 5.92. The first kappa shape index (κ1) is 13.3. The molecule has 1 amide bonds. The van der Waals surface area contributed by atoms with Crippen LogP contribution in [0.1, 0.15) is 16.9 Å². The fourth-order valence-corrected chi connectivity index (χ4v) is 2.38. The highest BCUT2D eigenvalue weighted by Gasteiger charge is 2.32. The van der Waals surface area contributed by atoms with Gasteiger partial charge in [0.15, 0.2) is 5.69 Å². The molecule has 1 aromatic carbocycles. The number of rotatable bonds is 3. The average molecular weight is 286 g/mol. The van der Waals surface area contributed by atoms with E-state index in [1.165, 1.54) is 9.58 Å². The van der Waals surface area contributed by atoms with E-state index in [9.17, 15) is 9.59 Å². The molecule has 0 saturated carbocycles. The molecule has 7 heteroatoms. The van der Waals surface area contributed by atoms with Gasteiger partial charge in [0.25, 0.3) is 5.91 Å². The summed E-state index contributed by atoms with van der Waals surface area (Å²) >= 11 is 0. The van der Waals surface area contributed by atoms with Crippen molar-refractivity contribution in [1.29, 1.82) is 0 Å². The molecule has 2 aromatic rings. The van der Waals surface area contributed by atoms with Crippen LogP contribution < -0.4 is 0 Å². The Labute approximate surface area is 120 Å². The Morgan fingerprint density at radius 1 is 1.24 bits per heavy atom. The van der Waals surface area contributed by atoms with Gasteiger partial charge < -0.3 is 10.0 Å². The van der Waals surface area contributed by atoms with Gasteiger partial charge in [-0.3, -0.25) is 9.59 Å². The molecule has 1 fully saturated rings. The lowest BCUT2D eigenvalue weighted by atomic mass is 10.1. The summed E-state index contributed by atoms with van der Waals surface area (Å²) in [6, 6.07) is 9.36. The summed E-state index contributed by atoms with van der Waals surface area (Å²) in [7, 11) is 0. The normalized spacial score (nSPS) is 17.9. The largest absolute Gasteiger partial charge is 0.481 e. The second-order valence-corrected chi connectivity index (χ2v) is 4.96. The van der Waals surface area contributed by atoms with Gasteiger partial charge in [-0.2, -0.15) is 0 Å². The van der Waals surface area contributed by atoms with Gasteiger partial charge in [0, 0.05) is 13.1 Å². The second kappa shape index (κ2) is 5.35. The molecule has 108 valence electrons. The Morgan fingerprint density at radius 2 is 2.00 bits per heavy atom. The number of nitrogens with zero attached hydrogens (tertiary/aromatic N) is 4. The molecule has 7 nitrogen and oxygen atoms in total. The van der Waals surface area contributed by atoms with E-state index in [1.54, 1.807) is 6.20 Å². The topological polar surface area (TPSA) is 88.3 Å². The number of hydrogen-bond donors (Lipinski definition) is 1. The van der Waals surface area contributed by atoms with Crippen LogP contribution in [-0.4, -0.2) is 50.0 Å². The smallest absolute Gasteiger partial charge is 0.308 e. The van der Waals surface area contributed by atoms with Crippen LogP contribution in [0.15, 0.2) is 36.5 Å². The Kier molecular flexibility index (Phi) is 3.39. The molecule has 1 aliphatic heterocycles. The molecular weight excluding hydrogens is 272 g/mol. The van der Waals surface area contributed by atoms with Gasteiger partial charge in [-0.05, 0) is 18.6 Å². The van der Waals surface area contributed by atoms with E-state index in [0.717, 1.165) is 5.69 Å². The number of hydrogen-bond acceptors (Lipinski definition) is 4. The van der Waals surface area contributed by atoms with Crippen LogP contribution in [0, 0.1) is 5.92 Å². The Morgan fingerprint density at radius 3 is 2.67 bits per heavy atom. The minimum atomic E-state index is -0.863. The van der Waals surface area contributed by atoms with E-state index < -0.39 is 11.9 Å². The lowest BCUT2D eigenvalue weighted by Gasteiger charge is -2.13. The van der Waals surface area contributed by atoms with Crippen LogP contribution in [-0.2, 0) is 4.79 Å². The number of carboxylic acids is 1. The summed E-state index contributed by atoms with van der Waals surface area (Å²) < 4.78 is 1.53. The molecule has 0 aliphatic carbocycles. The first-order valence-corrected chi connectivity index (χ1v) is 6.65. The van der Waals surface area contributed by atoms with Crippen LogP contribution in [0.25, 0.3) is 5.69 Å². The zero-order valence-electron chi connectivity index (χ0n) is 11.2. The number of amides is 1. The van der Waals surface area contributed by atoms with Crippen LogP contribution in [0.2, 0.25) is 0 Å². The van der Waals surface area contributed by atoms with E-state index in [0.29, 0.717) is 13.0 Å². The van der Waals surface area contributed by atoms with Gasteiger partial charge in [0.2, 0.25) is 0 Å². The lowest BCUT2D eigenvalue weighted by molar-refractivity contribution is -0.141. The maximum absolute atomic E-state index is 12.3.